The fraction of sp³-hybridized carbons (Fsp3) is 0.176. The van der Waals surface area contributed by atoms with Crippen LogP contribution < -0.4 is 10.1 Å². The summed E-state index contributed by atoms with van der Waals surface area (Å²) in [6.45, 7) is 0. The first-order valence-electron chi connectivity index (χ1n) is 7.06. The van der Waals surface area contributed by atoms with Crippen molar-refractivity contribution in [3.8, 4) is 5.75 Å². The van der Waals surface area contributed by atoms with E-state index in [9.17, 15) is 19.1 Å². The summed E-state index contributed by atoms with van der Waals surface area (Å²) in [7, 11) is 1.30. The number of anilines is 1. The first kappa shape index (κ1) is 16.4. The second-order valence-corrected chi connectivity index (χ2v) is 5.83. The molecule has 3 rings (SSSR count). The molecule has 0 aromatic heterocycles. The number of carbonyl (C=O) groups is 2. The lowest BCUT2D eigenvalue weighted by Gasteiger charge is -2.20. The number of amides is 1. The molecule has 24 heavy (non-hydrogen) atoms. The lowest BCUT2D eigenvalue weighted by atomic mass is 9.88. The van der Waals surface area contributed by atoms with E-state index in [0.29, 0.717) is 0 Å². The predicted molar refractivity (Wildman–Crippen MR) is 85.9 cm³/mol. The summed E-state index contributed by atoms with van der Waals surface area (Å²) in [4.78, 5) is 24.8. The zero-order valence-electron chi connectivity index (χ0n) is 12.6. The largest absolute Gasteiger partial charge is 0.496 e. The van der Waals surface area contributed by atoms with E-state index in [1.807, 2.05) is 0 Å². The van der Waals surface area contributed by atoms with Gasteiger partial charge in [-0.3, -0.25) is 9.59 Å². The average molecular weight is 350 g/mol. The first-order chi connectivity index (χ1) is 11.4. The molecule has 1 atom stereocenters. The molecule has 0 aliphatic carbocycles. The van der Waals surface area contributed by atoms with E-state index < -0.39 is 29.5 Å². The summed E-state index contributed by atoms with van der Waals surface area (Å²) < 4.78 is 18.3. The number of ketones is 1. The van der Waals surface area contributed by atoms with Crippen LogP contribution in [0.15, 0.2) is 36.4 Å². The molecule has 7 heteroatoms. The topological polar surface area (TPSA) is 75.6 Å². The van der Waals surface area contributed by atoms with Crippen molar-refractivity contribution < 1.29 is 23.8 Å². The van der Waals surface area contributed by atoms with E-state index in [4.69, 9.17) is 16.3 Å². The van der Waals surface area contributed by atoms with Gasteiger partial charge in [0.2, 0.25) is 0 Å². The van der Waals surface area contributed by atoms with Crippen LogP contribution in [0.2, 0.25) is 5.02 Å². The quantitative estimate of drug-likeness (QED) is 0.832. The molecular weight excluding hydrogens is 337 g/mol. The Balaban J connectivity index is 1.98. The smallest absolute Gasteiger partial charge is 0.261 e. The molecule has 1 aliphatic heterocycles. The number of para-hydroxylation sites is 1. The van der Waals surface area contributed by atoms with Crippen LogP contribution >= 0.6 is 11.6 Å². The number of hydrogen-bond acceptors (Lipinski definition) is 4. The van der Waals surface area contributed by atoms with Crippen LogP contribution in [-0.4, -0.2) is 23.9 Å². The van der Waals surface area contributed by atoms with Gasteiger partial charge in [0.05, 0.1) is 29.8 Å². The maximum Gasteiger partial charge on any atom is 0.261 e. The summed E-state index contributed by atoms with van der Waals surface area (Å²) in [6, 6.07) is 8.10. The third-order valence-electron chi connectivity index (χ3n) is 3.95. The Bertz CT molecular complexity index is 854. The number of methoxy groups -OCH3 is 1. The Morgan fingerprint density at radius 3 is 2.83 bits per heavy atom. The minimum Gasteiger partial charge on any atom is -0.496 e. The zero-order valence-corrected chi connectivity index (χ0v) is 13.4. The number of ether oxygens (including phenoxy) is 1. The molecule has 0 saturated heterocycles. The zero-order chi connectivity index (χ0) is 17.5. The summed E-state index contributed by atoms with van der Waals surface area (Å²) in [5, 5.41) is 13.5. The number of carbonyl (C=O) groups excluding carboxylic acids is 2. The number of hydrogen-bond donors (Lipinski definition) is 2. The monoisotopic (exact) mass is 349 g/mol. The third kappa shape index (κ3) is 2.53. The van der Waals surface area contributed by atoms with Crippen LogP contribution in [0.1, 0.15) is 22.3 Å². The van der Waals surface area contributed by atoms with Gasteiger partial charge in [-0.15, -0.1) is 0 Å². The van der Waals surface area contributed by atoms with Gasteiger partial charge >= 0.3 is 0 Å². The van der Waals surface area contributed by atoms with Gasteiger partial charge in [0, 0.05) is 11.6 Å². The SMILES string of the molecule is COc1cc(F)ccc1C(=O)C[C@]1(O)C(=O)Nc2c(Cl)cccc21. The first-order valence-corrected chi connectivity index (χ1v) is 7.44. The van der Waals surface area contributed by atoms with E-state index in [0.717, 1.165) is 12.1 Å². The van der Waals surface area contributed by atoms with Gasteiger partial charge in [-0.1, -0.05) is 23.7 Å². The third-order valence-corrected chi connectivity index (χ3v) is 4.27. The van der Waals surface area contributed by atoms with Crippen LogP contribution in [-0.2, 0) is 10.4 Å². The number of fused-ring (bicyclic) bond motifs is 1. The minimum absolute atomic E-state index is 0.0355. The van der Waals surface area contributed by atoms with Crippen molar-refractivity contribution in [2.45, 2.75) is 12.0 Å². The fourth-order valence-corrected chi connectivity index (χ4v) is 2.96. The predicted octanol–water partition coefficient (Wildman–Crippen LogP) is 2.90. The summed E-state index contributed by atoms with van der Waals surface area (Å²) >= 11 is 6.01. The summed E-state index contributed by atoms with van der Waals surface area (Å²) in [6.07, 6.45) is -0.520. The van der Waals surface area contributed by atoms with E-state index in [2.05, 4.69) is 5.32 Å². The molecule has 2 N–H and O–H groups in total. The van der Waals surface area contributed by atoms with Crippen LogP contribution in [0.4, 0.5) is 10.1 Å². The molecule has 124 valence electrons. The molecule has 1 aliphatic rings. The highest BCUT2D eigenvalue weighted by molar-refractivity contribution is 6.34. The van der Waals surface area contributed by atoms with Crippen LogP contribution in [0.3, 0.4) is 0 Å². The molecular formula is C17H13ClFNO4. The molecule has 0 unspecified atom stereocenters. The summed E-state index contributed by atoms with van der Waals surface area (Å²) in [5.74, 6) is -1.82. The van der Waals surface area contributed by atoms with Gasteiger partial charge in [0.1, 0.15) is 11.6 Å². The highest BCUT2D eigenvalue weighted by Crippen LogP contribution is 2.42. The second-order valence-electron chi connectivity index (χ2n) is 5.42. The maximum atomic E-state index is 13.3. The van der Waals surface area contributed by atoms with Crippen molar-refractivity contribution in [3.05, 3.63) is 58.4 Å². The lowest BCUT2D eigenvalue weighted by molar-refractivity contribution is -0.133. The number of benzene rings is 2. The lowest BCUT2D eigenvalue weighted by Crippen LogP contribution is -2.36. The van der Waals surface area contributed by atoms with E-state index in [1.165, 1.54) is 19.2 Å². The number of nitrogens with one attached hydrogen (secondary N) is 1. The molecule has 0 radical (unpaired) electrons. The van der Waals surface area contributed by atoms with Crippen molar-refractivity contribution in [3.63, 3.8) is 0 Å². The van der Waals surface area contributed by atoms with E-state index >= 15 is 0 Å². The molecule has 2 aromatic carbocycles. The standard InChI is InChI=1S/C17H13ClFNO4/c1-24-14-7-9(19)5-6-10(14)13(21)8-17(23)11-3-2-4-12(18)15(11)20-16(17)22/h2-7,23H,8H2,1H3,(H,20,22)/t17-/m1/s1. The Kier molecular flexibility index (Phi) is 4.03. The van der Waals surface area contributed by atoms with Crippen molar-refractivity contribution in [2.24, 2.45) is 0 Å². The molecule has 1 amide bonds. The maximum absolute atomic E-state index is 13.3. The number of aliphatic hydroxyl groups is 1. The van der Waals surface area contributed by atoms with Crippen LogP contribution in [0.5, 0.6) is 5.75 Å². The summed E-state index contributed by atoms with van der Waals surface area (Å²) in [5.41, 5.74) is -1.45. The highest BCUT2D eigenvalue weighted by atomic mass is 35.5. The Morgan fingerprint density at radius 1 is 1.38 bits per heavy atom. The number of Topliss-reactive ketones (excluding diaryl/α,β-unsaturated/α-hetero) is 1. The minimum atomic E-state index is -2.04. The van der Waals surface area contributed by atoms with Crippen molar-refractivity contribution in [1.29, 1.82) is 0 Å². The van der Waals surface area contributed by atoms with E-state index in [1.54, 1.807) is 12.1 Å². The van der Waals surface area contributed by atoms with Crippen LogP contribution in [0.25, 0.3) is 0 Å². The molecule has 1 heterocycles. The van der Waals surface area contributed by atoms with Gasteiger partial charge in [-0.05, 0) is 18.2 Å². The number of halogens is 2. The molecule has 2 aromatic rings. The van der Waals surface area contributed by atoms with Gasteiger partial charge in [-0.25, -0.2) is 4.39 Å². The van der Waals surface area contributed by atoms with Crippen molar-refractivity contribution >= 4 is 29.0 Å². The van der Waals surface area contributed by atoms with Gasteiger partial charge in [0.25, 0.3) is 5.91 Å². The van der Waals surface area contributed by atoms with E-state index in [-0.39, 0.29) is 27.6 Å². The van der Waals surface area contributed by atoms with Crippen molar-refractivity contribution in [1.82, 2.24) is 0 Å². The Labute approximate surface area is 142 Å². The van der Waals surface area contributed by atoms with Gasteiger partial charge in [-0.2, -0.15) is 0 Å². The normalized spacial score (nSPS) is 18.9. The Hall–Kier alpha value is -2.44. The molecule has 5 nitrogen and oxygen atoms in total. The highest BCUT2D eigenvalue weighted by Gasteiger charge is 2.47. The van der Waals surface area contributed by atoms with Gasteiger partial charge in [0.15, 0.2) is 11.4 Å². The molecule has 0 saturated carbocycles. The van der Waals surface area contributed by atoms with Crippen LogP contribution in [0, 0.1) is 5.82 Å². The van der Waals surface area contributed by atoms with Gasteiger partial charge < -0.3 is 15.2 Å². The fourth-order valence-electron chi connectivity index (χ4n) is 2.73. The second kappa shape index (κ2) is 5.89. The van der Waals surface area contributed by atoms with Crippen molar-refractivity contribution in [2.75, 3.05) is 12.4 Å². The average Bonchev–Trinajstić information content (AvgIpc) is 2.80. The Morgan fingerprint density at radius 2 is 2.12 bits per heavy atom. The molecule has 0 spiro atoms. The molecule has 0 bridgehead atoms. The molecule has 0 fully saturated rings. The number of rotatable bonds is 4.